The Labute approximate surface area is 120 Å². The van der Waals surface area contributed by atoms with Crippen molar-refractivity contribution in [3.63, 3.8) is 0 Å². The number of aromatic nitrogens is 1. The van der Waals surface area contributed by atoms with Crippen molar-refractivity contribution in [1.82, 2.24) is 4.98 Å². The Bertz CT molecular complexity index is 624. The summed E-state index contributed by atoms with van der Waals surface area (Å²) < 4.78 is 0. The molecule has 1 heterocycles. The fourth-order valence-electron chi connectivity index (χ4n) is 1.58. The van der Waals surface area contributed by atoms with Crippen LogP contribution in [0.3, 0.4) is 0 Å². The molecule has 0 amide bonds. The number of halogens is 2. The monoisotopic (exact) mass is 296 g/mol. The van der Waals surface area contributed by atoms with Crippen LogP contribution < -0.4 is 5.32 Å². The highest BCUT2D eigenvalue weighted by atomic mass is 35.5. The molecule has 0 fully saturated rings. The van der Waals surface area contributed by atoms with Crippen molar-refractivity contribution in [3.05, 3.63) is 51.6 Å². The number of anilines is 2. The van der Waals surface area contributed by atoms with Gasteiger partial charge in [-0.2, -0.15) is 0 Å². The normalized spacial score (nSPS) is 10.3. The van der Waals surface area contributed by atoms with Gasteiger partial charge in [-0.1, -0.05) is 35.3 Å². The molecule has 0 atom stereocenters. The van der Waals surface area contributed by atoms with E-state index < -0.39 is 5.97 Å². The van der Waals surface area contributed by atoms with Gasteiger partial charge in [-0.25, -0.2) is 9.78 Å². The summed E-state index contributed by atoms with van der Waals surface area (Å²) in [4.78, 5) is 14.9. The number of aryl methyl sites for hydroxylation is 1. The van der Waals surface area contributed by atoms with Crippen LogP contribution in [0.1, 0.15) is 16.1 Å². The van der Waals surface area contributed by atoms with Crippen molar-refractivity contribution in [2.75, 3.05) is 5.32 Å². The summed E-state index contributed by atoms with van der Waals surface area (Å²) in [5.74, 6) is -0.803. The molecule has 2 aromatic rings. The zero-order valence-corrected chi connectivity index (χ0v) is 11.5. The van der Waals surface area contributed by atoms with E-state index in [0.29, 0.717) is 16.5 Å². The molecule has 0 aliphatic rings. The third-order valence-corrected chi connectivity index (χ3v) is 3.14. The van der Waals surface area contributed by atoms with E-state index in [1.54, 1.807) is 12.1 Å². The number of nitrogens with zero attached hydrogens (tertiary/aromatic N) is 1. The molecule has 0 aliphatic heterocycles. The van der Waals surface area contributed by atoms with Crippen LogP contribution in [0.4, 0.5) is 11.5 Å². The van der Waals surface area contributed by atoms with Crippen LogP contribution >= 0.6 is 23.2 Å². The summed E-state index contributed by atoms with van der Waals surface area (Å²) in [6.07, 6.45) is 0. The number of benzene rings is 1. The van der Waals surface area contributed by atoms with Gasteiger partial charge in [-0.3, -0.25) is 0 Å². The van der Waals surface area contributed by atoms with Crippen LogP contribution in [0.25, 0.3) is 0 Å². The Morgan fingerprint density at radius 3 is 2.58 bits per heavy atom. The molecule has 98 valence electrons. The molecule has 1 aromatic carbocycles. The lowest BCUT2D eigenvalue weighted by Gasteiger charge is -2.11. The highest BCUT2D eigenvalue weighted by Gasteiger charge is 2.12. The number of carbonyl (C=O) groups is 1. The fraction of sp³-hybridized carbons (Fsp3) is 0.0769. The standard InChI is InChI=1S/C13H10Cl2N2O2/c1-7-3-2-4-8(14)11(7)16-10-6-5-9(15)12(17-10)13(18)19/h2-6H,1H3,(H,16,17)(H,18,19). The van der Waals surface area contributed by atoms with E-state index in [4.69, 9.17) is 28.3 Å². The van der Waals surface area contributed by atoms with Crippen molar-refractivity contribution < 1.29 is 9.90 Å². The maximum atomic E-state index is 11.0. The van der Waals surface area contributed by atoms with Crippen LogP contribution in [0.15, 0.2) is 30.3 Å². The second-order valence-electron chi connectivity index (χ2n) is 3.89. The molecule has 2 rings (SSSR count). The first-order valence-electron chi connectivity index (χ1n) is 5.41. The first-order chi connectivity index (χ1) is 8.99. The number of para-hydroxylation sites is 1. The van der Waals surface area contributed by atoms with Gasteiger partial charge < -0.3 is 10.4 Å². The molecule has 1 aromatic heterocycles. The lowest BCUT2D eigenvalue weighted by Crippen LogP contribution is -2.04. The number of pyridine rings is 1. The summed E-state index contributed by atoms with van der Waals surface area (Å²) in [5, 5.41) is 12.6. The molecule has 19 heavy (non-hydrogen) atoms. The van der Waals surface area contributed by atoms with Crippen LogP contribution in [-0.2, 0) is 0 Å². The minimum atomic E-state index is -1.18. The van der Waals surface area contributed by atoms with Gasteiger partial charge in [0.15, 0.2) is 5.69 Å². The van der Waals surface area contributed by atoms with Crippen molar-refractivity contribution in [1.29, 1.82) is 0 Å². The molecule has 0 saturated heterocycles. The van der Waals surface area contributed by atoms with Gasteiger partial charge in [0.1, 0.15) is 5.82 Å². The van der Waals surface area contributed by atoms with Gasteiger partial charge in [-0.05, 0) is 30.7 Å². The molecule has 0 saturated carbocycles. The molecule has 2 N–H and O–H groups in total. The molecule has 0 radical (unpaired) electrons. The zero-order valence-electron chi connectivity index (χ0n) is 9.95. The average molecular weight is 297 g/mol. The molecular weight excluding hydrogens is 287 g/mol. The fourth-order valence-corrected chi connectivity index (χ4v) is 2.04. The summed E-state index contributed by atoms with van der Waals surface area (Å²) >= 11 is 11.8. The maximum Gasteiger partial charge on any atom is 0.356 e. The van der Waals surface area contributed by atoms with E-state index in [-0.39, 0.29) is 10.7 Å². The average Bonchev–Trinajstić information content (AvgIpc) is 2.35. The lowest BCUT2D eigenvalue weighted by molar-refractivity contribution is 0.0691. The Morgan fingerprint density at radius 1 is 1.21 bits per heavy atom. The Kier molecular flexibility index (Phi) is 3.93. The van der Waals surface area contributed by atoms with Gasteiger partial charge in [0.2, 0.25) is 0 Å². The van der Waals surface area contributed by atoms with E-state index in [1.165, 1.54) is 6.07 Å². The van der Waals surface area contributed by atoms with E-state index in [9.17, 15) is 4.79 Å². The predicted octanol–water partition coefficient (Wildman–Crippen LogP) is 4.14. The number of carboxylic acid groups (broad SMARTS) is 1. The van der Waals surface area contributed by atoms with Gasteiger partial charge in [-0.15, -0.1) is 0 Å². The summed E-state index contributed by atoms with van der Waals surface area (Å²) in [7, 11) is 0. The van der Waals surface area contributed by atoms with Gasteiger partial charge in [0.05, 0.1) is 15.7 Å². The Hall–Kier alpha value is -1.78. The smallest absolute Gasteiger partial charge is 0.356 e. The number of aromatic carboxylic acids is 1. The third kappa shape index (κ3) is 2.97. The first-order valence-corrected chi connectivity index (χ1v) is 6.16. The summed E-state index contributed by atoms with van der Waals surface area (Å²) in [5.41, 5.74) is 1.42. The topological polar surface area (TPSA) is 62.2 Å². The molecule has 4 nitrogen and oxygen atoms in total. The van der Waals surface area contributed by atoms with Crippen molar-refractivity contribution in [3.8, 4) is 0 Å². The van der Waals surface area contributed by atoms with Gasteiger partial charge >= 0.3 is 5.97 Å². The second-order valence-corrected chi connectivity index (χ2v) is 4.70. The first kappa shape index (κ1) is 13.6. The SMILES string of the molecule is Cc1cccc(Cl)c1Nc1ccc(Cl)c(C(=O)O)n1. The van der Waals surface area contributed by atoms with Crippen LogP contribution in [0.2, 0.25) is 10.0 Å². The second kappa shape index (κ2) is 5.47. The van der Waals surface area contributed by atoms with Crippen LogP contribution in [0.5, 0.6) is 0 Å². The minimum Gasteiger partial charge on any atom is -0.476 e. The zero-order chi connectivity index (χ0) is 14.0. The number of hydrogen-bond donors (Lipinski definition) is 2. The van der Waals surface area contributed by atoms with E-state index >= 15 is 0 Å². The van der Waals surface area contributed by atoms with Gasteiger partial charge in [0.25, 0.3) is 0 Å². The van der Waals surface area contributed by atoms with E-state index in [1.807, 2.05) is 19.1 Å². The van der Waals surface area contributed by atoms with Crippen LogP contribution in [0, 0.1) is 6.92 Å². The number of hydrogen-bond acceptors (Lipinski definition) is 3. The highest BCUT2D eigenvalue weighted by Crippen LogP contribution is 2.28. The number of rotatable bonds is 3. The molecule has 0 unspecified atom stereocenters. The van der Waals surface area contributed by atoms with Gasteiger partial charge in [0, 0.05) is 0 Å². The van der Waals surface area contributed by atoms with Crippen molar-refractivity contribution in [2.45, 2.75) is 6.92 Å². The molecule has 0 bridgehead atoms. The molecule has 0 aliphatic carbocycles. The highest BCUT2D eigenvalue weighted by molar-refractivity contribution is 6.34. The Balaban J connectivity index is 2.39. The number of carboxylic acids is 1. The quantitative estimate of drug-likeness (QED) is 0.893. The predicted molar refractivity (Wildman–Crippen MR) is 75.7 cm³/mol. The third-order valence-electron chi connectivity index (χ3n) is 2.52. The molecular formula is C13H10Cl2N2O2. The van der Waals surface area contributed by atoms with Crippen molar-refractivity contribution in [2.24, 2.45) is 0 Å². The van der Waals surface area contributed by atoms with Crippen LogP contribution in [-0.4, -0.2) is 16.1 Å². The minimum absolute atomic E-state index is 0.0916. The lowest BCUT2D eigenvalue weighted by atomic mass is 10.2. The van der Waals surface area contributed by atoms with E-state index in [2.05, 4.69) is 10.3 Å². The van der Waals surface area contributed by atoms with Crippen molar-refractivity contribution >= 4 is 40.7 Å². The largest absolute Gasteiger partial charge is 0.476 e. The summed E-state index contributed by atoms with van der Waals surface area (Å²) in [6, 6.07) is 8.54. The maximum absolute atomic E-state index is 11.0. The molecule has 6 heteroatoms. The number of nitrogens with one attached hydrogen (secondary N) is 1. The molecule has 0 spiro atoms. The van der Waals surface area contributed by atoms with E-state index in [0.717, 1.165) is 5.56 Å². The summed E-state index contributed by atoms with van der Waals surface area (Å²) in [6.45, 7) is 1.89. The Morgan fingerprint density at radius 2 is 1.95 bits per heavy atom.